The summed E-state index contributed by atoms with van der Waals surface area (Å²) in [5, 5.41) is 0.464. The molecule has 162 valence electrons. The van der Waals surface area contributed by atoms with Gasteiger partial charge in [0.25, 0.3) is 10.0 Å². The molecule has 0 spiro atoms. The minimum absolute atomic E-state index is 0.220. The van der Waals surface area contributed by atoms with E-state index >= 15 is 0 Å². The summed E-state index contributed by atoms with van der Waals surface area (Å²) in [6.45, 7) is 6.01. The van der Waals surface area contributed by atoms with Crippen LogP contribution in [0.3, 0.4) is 0 Å². The van der Waals surface area contributed by atoms with E-state index in [1.54, 1.807) is 36.4 Å². The summed E-state index contributed by atoms with van der Waals surface area (Å²) in [5.41, 5.74) is 2.01. The normalized spacial score (nSPS) is 14.8. The predicted molar refractivity (Wildman–Crippen MR) is 118 cm³/mol. The molecule has 1 N–H and O–H groups in total. The lowest BCUT2D eigenvalue weighted by molar-refractivity contribution is -0.151. The zero-order chi connectivity index (χ0) is 21.9. The van der Waals surface area contributed by atoms with Gasteiger partial charge in [0.15, 0.2) is 0 Å². The molecule has 2 aromatic carbocycles. The van der Waals surface area contributed by atoms with Crippen molar-refractivity contribution < 1.29 is 17.9 Å². The van der Waals surface area contributed by atoms with Gasteiger partial charge in [0.05, 0.1) is 23.1 Å². The molecule has 0 saturated carbocycles. The Morgan fingerprint density at radius 3 is 2.67 bits per heavy atom. The predicted octanol–water partition coefficient (Wildman–Crippen LogP) is 4.09. The zero-order valence-corrected chi connectivity index (χ0v) is 19.0. The van der Waals surface area contributed by atoms with Crippen molar-refractivity contribution in [3.8, 4) is 0 Å². The highest BCUT2D eigenvalue weighted by atomic mass is 35.5. The van der Waals surface area contributed by atoms with Crippen molar-refractivity contribution in [2.45, 2.75) is 38.1 Å². The summed E-state index contributed by atoms with van der Waals surface area (Å²) in [4.78, 5) is 14.4. The number of benzene rings is 2. The van der Waals surface area contributed by atoms with E-state index in [2.05, 4.69) is 9.62 Å². The zero-order valence-electron chi connectivity index (χ0n) is 17.4. The second-order valence-corrected chi connectivity index (χ2v) is 10.3. The van der Waals surface area contributed by atoms with E-state index in [1.165, 1.54) is 7.11 Å². The molecule has 8 heteroatoms. The van der Waals surface area contributed by atoms with Gasteiger partial charge in [0, 0.05) is 18.1 Å². The minimum atomic E-state index is -3.72. The van der Waals surface area contributed by atoms with Gasteiger partial charge >= 0.3 is 5.97 Å². The first kappa shape index (κ1) is 22.6. The Labute approximate surface area is 183 Å². The molecule has 1 aliphatic rings. The van der Waals surface area contributed by atoms with Crippen molar-refractivity contribution in [3.05, 3.63) is 58.6 Å². The molecule has 6 nitrogen and oxygen atoms in total. The third kappa shape index (κ3) is 5.33. The van der Waals surface area contributed by atoms with Gasteiger partial charge in [-0.25, -0.2) is 8.42 Å². The van der Waals surface area contributed by atoms with Gasteiger partial charge < -0.3 is 4.74 Å². The lowest BCUT2D eigenvalue weighted by Gasteiger charge is -2.31. The number of hydrogen-bond acceptors (Lipinski definition) is 5. The maximum atomic E-state index is 12.8. The van der Waals surface area contributed by atoms with Crippen molar-refractivity contribution in [3.63, 3.8) is 0 Å². The van der Waals surface area contributed by atoms with E-state index in [0.29, 0.717) is 23.7 Å². The maximum absolute atomic E-state index is 12.8. The highest BCUT2D eigenvalue weighted by Crippen LogP contribution is 2.27. The van der Waals surface area contributed by atoms with Gasteiger partial charge in [0.1, 0.15) is 0 Å². The van der Waals surface area contributed by atoms with Crippen LogP contribution in [0.4, 0.5) is 5.69 Å². The Bertz CT molecular complexity index is 1040. The molecule has 0 aromatic heterocycles. The van der Waals surface area contributed by atoms with Crippen LogP contribution in [0.5, 0.6) is 0 Å². The van der Waals surface area contributed by atoms with Gasteiger partial charge in [-0.15, -0.1) is 0 Å². The van der Waals surface area contributed by atoms with Crippen LogP contribution in [0, 0.1) is 5.41 Å². The Kier molecular flexibility index (Phi) is 6.75. The molecule has 0 atom stereocenters. The Morgan fingerprint density at radius 1 is 1.20 bits per heavy atom. The number of methoxy groups -OCH3 is 1. The average Bonchev–Trinajstić information content (AvgIpc) is 2.70. The number of anilines is 1. The fourth-order valence-electron chi connectivity index (χ4n) is 3.53. The van der Waals surface area contributed by atoms with Crippen LogP contribution in [0.2, 0.25) is 5.02 Å². The summed E-state index contributed by atoms with van der Waals surface area (Å²) in [6, 6.07) is 11.9. The Balaban J connectivity index is 1.72. The fourth-order valence-corrected chi connectivity index (χ4v) is 4.82. The summed E-state index contributed by atoms with van der Waals surface area (Å²) < 4.78 is 33.1. The molecule has 0 amide bonds. The number of carbonyl (C=O) groups excluding carboxylic acids is 1. The van der Waals surface area contributed by atoms with E-state index in [9.17, 15) is 13.2 Å². The molecule has 1 aliphatic heterocycles. The first-order valence-electron chi connectivity index (χ1n) is 9.82. The van der Waals surface area contributed by atoms with Crippen molar-refractivity contribution in [1.29, 1.82) is 0 Å². The van der Waals surface area contributed by atoms with Crippen LogP contribution in [-0.4, -0.2) is 39.5 Å². The first-order chi connectivity index (χ1) is 14.1. The number of carbonyl (C=O) groups is 1. The van der Waals surface area contributed by atoms with Crippen LogP contribution in [0.15, 0.2) is 47.4 Å². The van der Waals surface area contributed by atoms with Gasteiger partial charge in [-0.3, -0.25) is 14.4 Å². The first-order valence-corrected chi connectivity index (χ1v) is 11.7. The highest BCUT2D eigenvalue weighted by Gasteiger charge is 2.30. The van der Waals surface area contributed by atoms with E-state index in [0.717, 1.165) is 30.6 Å². The fraction of sp³-hybridized carbons (Fsp3) is 0.409. The number of ether oxygens (including phenoxy) is 1. The third-order valence-corrected chi connectivity index (χ3v) is 7.06. The number of nitrogens with zero attached hydrogens (tertiary/aromatic N) is 1. The quantitative estimate of drug-likeness (QED) is 0.643. The van der Waals surface area contributed by atoms with Crippen LogP contribution in [-0.2, 0) is 32.5 Å². The van der Waals surface area contributed by atoms with E-state index < -0.39 is 15.4 Å². The molecular weight excluding hydrogens is 424 g/mol. The summed E-state index contributed by atoms with van der Waals surface area (Å²) in [7, 11) is -2.32. The van der Waals surface area contributed by atoms with Crippen molar-refractivity contribution in [1.82, 2.24) is 4.90 Å². The summed E-state index contributed by atoms with van der Waals surface area (Å²) in [6.07, 6.45) is 1.51. The number of rotatable bonds is 7. The third-order valence-electron chi connectivity index (χ3n) is 5.45. The molecule has 0 saturated heterocycles. The maximum Gasteiger partial charge on any atom is 0.311 e. The number of esters is 1. The largest absolute Gasteiger partial charge is 0.469 e. The molecule has 0 aliphatic carbocycles. The van der Waals surface area contributed by atoms with Crippen LogP contribution >= 0.6 is 11.6 Å². The second kappa shape index (κ2) is 8.96. The number of nitrogens with one attached hydrogen (secondary N) is 1. The van der Waals surface area contributed by atoms with E-state index in [-0.39, 0.29) is 10.9 Å². The summed E-state index contributed by atoms with van der Waals surface area (Å²) in [5.74, 6) is -0.222. The molecule has 2 aromatic rings. The SMILES string of the molecule is COC(=O)C(C)(C)CCN1CCc2ccc(S(=O)(=O)Nc3cccc(Cl)c3)cc2C1. The molecule has 0 radical (unpaired) electrons. The van der Waals surface area contributed by atoms with Crippen molar-refractivity contribution in [2.24, 2.45) is 5.41 Å². The number of sulfonamides is 1. The van der Waals surface area contributed by atoms with Crippen molar-refractivity contribution >= 4 is 33.3 Å². The van der Waals surface area contributed by atoms with Gasteiger partial charge in [0.2, 0.25) is 0 Å². The standard InChI is InChI=1S/C22H27ClN2O4S/c1-22(2,21(26)29-3)10-12-25-11-9-16-7-8-20(13-17(16)15-25)30(27,28)24-19-6-4-5-18(23)14-19/h4-8,13-14,24H,9-12,15H2,1-3H3. The smallest absolute Gasteiger partial charge is 0.311 e. The van der Waals surface area contributed by atoms with E-state index in [4.69, 9.17) is 16.3 Å². The average molecular weight is 451 g/mol. The summed E-state index contributed by atoms with van der Waals surface area (Å²) >= 11 is 5.95. The number of hydrogen-bond donors (Lipinski definition) is 1. The van der Waals surface area contributed by atoms with Crippen LogP contribution < -0.4 is 4.72 Å². The number of halogens is 1. The molecule has 0 fully saturated rings. The van der Waals surface area contributed by atoms with Gasteiger partial charge in [-0.05, 0) is 74.7 Å². The number of fused-ring (bicyclic) bond motifs is 1. The molecule has 0 unspecified atom stereocenters. The topological polar surface area (TPSA) is 75.7 Å². The molecular formula is C22H27ClN2O4S. The molecule has 3 rings (SSSR count). The van der Waals surface area contributed by atoms with E-state index in [1.807, 2.05) is 19.9 Å². The lowest BCUT2D eigenvalue weighted by Crippen LogP contribution is -2.36. The van der Waals surface area contributed by atoms with Crippen LogP contribution in [0.1, 0.15) is 31.4 Å². The molecule has 0 bridgehead atoms. The molecule has 30 heavy (non-hydrogen) atoms. The monoisotopic (exact) mass is 450 g/mol. The van der Waals surface area contributed by atoms with Gasteiger partial charge in [-0.2, -0.15) is 0 Å². The second-order valence-electron chi connectivity index (χ2n) is 8.20. The van der Waals surface area contributed by atoms with Crippen molar-refractivity contribution in [2.75, 3.05) is 24.9 Å². The lowest BCUT2D eigenvalue weighted by atomic mass is 9.89. The van der Waals surface area contributed by atoms with Crippen LogP contribution in [0.25, 0.3) is 0 Å². The molecule has 1 heterocycles. The van der Waals surface area contributed by atoms with Gasteiger partial charge in [-0.1, -0.05) is 23.7 Å². The highest BCUT2D eigenvalue weighted by molar-refractivity contribution is 7.92. The minimum Gasteiger partial charge on any atom is -0.469 e. The Morgan fingerprint density at radius 2 is 1.97 bits per heavy atom. The Hall–Kier alpha value is -2.09.